The molecule has 0 fully saturated rings. The highest BCUT2D eigenvalue weighted by Gasteiger charge is 2.45. The molecule has 0 saturated carbocycles. The van der Waals surface area contributed by atoms with Gasteiger partial charge in [-0.25, -0.2) is 4.79 Å². The summed E-state index contributed by atoms with van der Waals surface area (Å²) in [6, 6.07) is 0. The zero-order valence-electron chi connectivity index (χ0n) is 10.6. The van der Waals surface area contributed by atoms with Crippen LogP contribution in [0.3, 0.4) is 0 Å². The van der Waals surface area contributed by atoms with Crippen LogP contribution >= 0.6 is 0 Å². The molecule has 17 heavy (non-hydrogen) atoms. The van der Waals surface area contributed by atoms with Gasteiger partial charge < -0.3 is 9.84 Å². The monoisotopic (exact) mass is 241 g/mol. The molecule has 6 heteroatoms. The topological polar surface area (TPSA) is 88.1 Å². The molecular formula is C11H19N3O3. The van der Waals surface area contributed by atoms with E-state index in [0.29, 0.717) is 13.0 Å². The third kappa shape index (κ3) is 3.03. The summed E-state index contributed by atoms with van der Waals surface area (Å²) in [6.45, 7) is 7.43. The largest absolute Gasteiger partial charge is 0.479 e. The Morgan fingerprint density at radius 3 is 2.53 bits per heavy atom. The van der Waals surface area contributed by atoms with Crippen molar-refractivity contribution in [3.05, 3.63) is 11.9 Å². The van der Waals surface area contributed by atoms with Crippen LogP contribution < -0.4 is 0 Å². The number of carbonyl (C=O) groups is 1. The Bertz CT molecular complexity index is 370. The van der Waals surface area contributed by atoms with Crippen LogP contribution in [0.2, 0.25) is 0 Å². The summed E-state index contributed by atoms with van der Waals surface area (Å²) < 4.78 is 5.55. The van der Waals surface area contributed by atoms with Crippen LogP contribution in [0.1, 0.15) is 33.4 Å². The molecule has 0 bridgehead atoms. The van der Waals surface area contributed by atoms with Gasteiger partial charge in [-0.3, -0.25) is 0 Å². The fourth-order valence-corrected chi connectivity index (χ4v) is 1.30. The van der Waals surface area contributed by atoms with Gasteiger partial charge >= 0.3 is 5.97 Å². The second-order valence-electron chi connectivity index (χ2n) is 5.15. The Labute approximate surface area is 100 Å². The lowest BCUT2D eigenvalue weighted by Crippen LogP contribution is -2.50. The standard InChI is InChI=1S/C11H19N3O3/c1-10(2,3)11(4,9(15)16)17-6-5-8-7-12-14-13-8/h7H,5-6H2,1-4H3,(H,15,16)(H,12,13,14). The Kier molecular flexibility index (Phi) is 3.87. The molecule has 6 nitrogen and oxygen atoms in total. The number of H-pyrrole nitrogens is 1. The molecule has 1 aromatic rings. The quantitative estimate of drug-likeness (QED) is 0.810. The average molecular weight is 241 g/mol. The summed E-state index contributed by atoms with van der Waals surface area (Å²) in [7, 11) is 0. The van der Waals surface area contributed by atoms with Crippen LogP contribution in [0.4, 0.5) is 0 Å². The van der Waals surface area contributed by atoms with E-state index in [9.17, 15) is 9.90 Å². The number of carboxylic acids is 1. The SMILES string of the molecule is CC(C)(C)C(C)(OCCc1cn[nH]n1)C(=O)O. The molecular weight excluding hydrogens is 222 g/mol. The van der Waals surface area contributed by atoms with Crippen molar-refractivity contribution in [2.24, 2.45) is 5.41 Å². The highest BCUT2D eigenvalue weighted by atomic mass is 16.5. The van der Waals surface area contributed by atoms with Crippen molar-refractivity contribution < 1.29 is 14.6 Å². The number of nitrogens with zero attached hydrogens (tertiary/aromatic N) is 2. The van der Waals surface area contributed by atoms with E-state index in [-0.39, 0.29) is 0 Å². The number of aromatic amines is 1. The van der Waals surface area contributed by atoms with Crippen LogP contribution in [0.25, 0.3) is 0 Å². The summed E-state index contributed by atoms with van der Waals surface area (Å²) in [5, 5.41) is 19.3. The van der Waals surface area contributed by atoms with Crippen LogP contribution in [0, 0.1) is 5.41 Å². The Morgan fingerprint density at radius 1 is 1.47 bits per heavy atom. The predicted octanol–water partition coefficient (Wildman–Crippen LogP) is 1.25. The van der Waals surface area contributed by atoms with Crippen molar-refractivity contribution >= 4 is 5.97 Å². The maximum atomic E-state index is 11.3. The minimum Gasteiger partial charge on any atom is -0.479 e. The molecule has 0 radical (unpaired) electrons. The van der Waals surface area contributed by atoms with Crippen molar-refractivity contribution in [2.75, 3.05) is 6.61 Å². The molecule has 0 amide bonds. The van der Waals surface area contributed by atoms with Gasteiger partial charge in [-0.15, -0.1) is 0 Å². The average Bonchev–Trinajstić information content (AvgIpc) is 2.68. The van der Waals surface area contributed by atoms with E-state index in [0.717, 1.165) is 5.69 Å². The number of carboxylic acid groups (broad SMARTS) is 1. The molecule has 2 N–H and O–H groups in total. The summed E-state index contributed by atoms with van der Waals surface area (Å²) in [4.78, 5) is 11.3. The number of hydrogen-bond donors (Lipinski definition) is 2. The number of aliphatic carboxylic acids is 1. The molecule has 1 heterocycles. The van der Waals surface area contributed by atoms with Gasteiger partial charge in [0.05, 0.1) is 18.5 Å². The molecule has 0 spiro atoms. The van der Waals surface area contributed by atoms with Crippen LogP contribution in [0.15, 0.2) is 6.20 Å². The van der Waals surface area contributed by atoms with Crippen molar-refractivity contribution in [3.8, 4) is 0 Å². The van der Waals surface area contributed by atoms with E-state index >= 15 is 0 Å². The van der Waals surface area contributed by atoms with E-state index in [1.807, 2.05) is 20.8 Å². The molecule has 0 saturated heterocycles. The highest BCUT2D eigenvalue weighted by molar-refractivity contribution is 5.78. The van der Waals surface area contributed by atoms with E-state index in [1.165, 1.54) is 0 Å². The molecule has 1 atom stereocenters. The number of rotatable bonds is 5. The normalized spacial score (nSPS) is 15.5. The van der Waals surface area contributed by atoms with E-state index in [1.54, 1.807) is 13.1 Å². The summed E-state index contributed by atoms with van der Waals surface area (Å²) >= 11 is 0. The molecule has 0 aromatic carbocycles. The lowest BCUT2D eigenvalue weighted by Gasteiger charge is -2.37. The lowest BCUT2D eigenvalue weighted by atomic mass is 9.77. The molecule has 0 aliphatic carbocycles. The minimum absolute atomic E-state index is 0.298. The smallest absolute Gasteiger partial charge is 0.336 e. The van der Waals surface area contributed by atoms with Crippen molar-refractivity contribution in [1.82, 2.24) is 15.4 Å². The molecule has 1 unspecified atom stereocenters. The van der Waals surface area contributed by atoms with Crippen molar-refractivity contribution in [3.63, 3.8) is 0 Å². The maximum absolute atomic E-state index is 11.3. The van der Waals surface area contributed by atoms with Crippen molar-refractivity contribution in [2.45, 2.75) is 39.7 Å². The Balaban J connectivity index is 2.60. The Hall–Kier alpha value is -1.43. The highest BCUT2D eigenvalue weighted by Crippen LogP contribution is 2.33. The number of nitrogens with one attached hydrogen (secondary N) is 1. The minimum atomic E-state index is -1.21. The van der Waals surface area contributed by atoms with Crippen LogP contribution in [-0.4, -0.2) is 38.7 Å². The number of hydrogen-bond acceptors (Lipinski definition) is 4. The van der Waals surface area contributed by atoms with Gasteiger partial charge in [-0.2, -0.15) is 15.4 Å². The number of aromatic nitrogens is 3. The zero-order valence-corrected chi connectivity index (χ0v) is 10.6. The first-order valence-electron chi connectivity index (χ1n) is 5.49. The number of ether oxygens (including phenoxy) is 1. The van der Waals surface area contributed by atoms with E-state index in [4.69, 9.17) is 4.74 Å². The van der Waals surface area contributed by atoms with E-state index in [2.05, 4.69) is 15.4 Å². The van der Waals surface area contributed by atoms with Gasteiger partial charge in [-0.05, 0) is 6.92 Å². The second-order valence-corrected chi connectivity index (χ2v) is 5.15. The summed E-state index contributed by atoms with van der Waals surface area (Å²) in [5.41, 5.74) is -0.939. The van der Waals surface area contributed by atoms with Gasteiger partial charge in [-0.1, -0.05) is 20.8 Å². The molecule has 0 aliphatic heterocycles. The fourth-order valence-electron chi connectivity index (χ4n) is 1.30. The lowest BCUT2D eigenvalue weighted by molar-refractivity contribution is -0.179. The first-order valence-corrected chi connectivity index (χ1v) is 5.49. The van der Waals surface area contributed by atoms with E-state index < -0.39 is 17.0 Å². The molecule has 1 rings (SSSR count). The Morgan fingerprint density at radius 2 is 2.12 bits per heavy atom. The van der Waals surface area contributed by atoms with Gasteiger partial charge in [0.1, 0.15) is 0 Å². The second kappa shape index (κ2) is 4.83. The summed E-state index contributed by atoms with van der Waals surface area (Å²) in [6.07, 6.45) is 2.13. The summed E-state index contributed by atoms with van der Waals surface area (Å²) in [5.74, 6) is -0.954. The van der Waals surface area contributed by atoms with Crippen LogP contribution in [0.5, 0.6) is 0 Å². The predicted molar refractivity (Wildman–Crippen MR) is 61.5 cm³/mol. The van der Waals surface area contributed by atoms with Gasteiger partial charge in [0.25, 0.3) is 0 Å². The van der Waals surface area contributed by atoms with Crippen molar-refractivity contribution in [1.29, 1.82) is 0 Å². The molecule has 96 valence electrons. The first kappa shape index (κ1) is 13.6. The fraction of sp³-hybridized carbons (Fsp3) is 0.727. The maximum Gasteiger partial charge on any atom is 0.336 e. The third-order valence-corrected chi connectivity index (χ3v) is 3.05. The first-order chi connectivity index (χ1) is 7.77. The van der Waals surface area contributed by atoms with Crippen LogP contribution in [-0.2, 0) is 16.0 Å². The zero-order chi connectivity index (χ0) is 13.1. The third-order valence-electron chi connectivity index (χ3n) is 3.05. The van der Waals surface area contributed by atoms with Gasteiger partial charge in [0, 0.05) is 11.8 Å². The van der Waals surface area contributed by atoms with Gasteiger partial charge in [0.2, 0.25) is 0 Å². The van der Waals surface area contributed by atoms with Gasteiger partial charge in [0.15, 0.2) is 5.60 Å². The molecule has 0 aliphatic rings. The molecule has 1 aromatic heterocycles.